The summed E-state index contributed by atoms with van der Waals surface area (Å²) in [5.41, 5.74) is 3.81. The number of nitrogen functional groups attached to an aromatic ring is 1. The van der Waals surface area contributed by atoms with Crippen molar-refractivity contribution in [3.63, 3.8) is 0 Å². The molecule has 1 aromatic carbocycles. The molecule has 27 heavy (non-hydrogen) atoms. The van der Waals surface area contributed by atoms with E-state index in [0.717, 1.165) is 17.8 Å². The van der Waals surface area contributed by atoms with Crippen LogP contribution in [0.5, 0.6) is 0 Å². The minimum atomic E-state index is -4.56. The Balaban J connectivity index is 2.48. The Bertz CT molecular complexity index is 747. The molecule has 1 saturated heterocycles. The van der Waals surface area contributed by atoms with E-state index in [4.69, 9.17) is 15.0 Å². The van der Waals surface area contributed by atoms with Crippen LogP contribution in [0.25, 0.3) is 6.08 Å². The molecule has 1 heterocycles. The van der Waals surface area contributed by atoms with Gasteiger partial charge in [0.1, 0.15) is 0 Å². The standard InChI is InChI=1S/C18H23BF3NO3S/c1-11(24)27-10-13(19-25-16(2,3)17(4,5)26-19)8-12-6-7-14(23)9-15(12)18(20,21)22/h6-9H,10,23H2,1-5H3. The highest BCUT2D eigenvalue weighted by Gasteiger charge is 2.52. The van der Waals surface area contributed by atoms with Crippen LogP contribution in [0.2, 0.25) is 0 Å². The minimum absolute atomic E-state index is 0.0229. The zero-order valence-electron chi connectivity index (χ0n) is 15.9. The predicted octanol–water partition coefficient (Wildman–Crippen LogP) is 4.58. The number of benzene rings is 1. The molecule has 1 aliphatic heterocycles. The van der Waals surface area contributed by atoms with Crippen molar-refractivity contribution in [2.45, 2.75) is 52.0 Å². The summed E-state index contributed by atoms with van der Waals surface area (Å²) in [6.45, 7) is 8.82. The number of halogens is 3. The number of carbonyl (C=O) groups excluding carboxylic acids is 1. The quantitative estimate of drug-likeness (QED) is 0.591. The van der Waals surface area contributed by atoms with Gasteiger partial charge in [0.15, 0.2) is 5.12 Å². The molecule has 0 unspecified atom stereocenters. The second-order valence-corrected chi connectivity index (χ2v) is 8.58. The van der Waals surface area contributed by atoms with Gasteiger partial charge < -0.3 is 15.0 Å². The van der Waals surface area contributed by atoms with E-state index in [1.165, 1.54) is 25.1 Å². The van der Waals surface area contributed by atoms with Crippen LogP contribution >= 0.6 is 11.8 Å². The highest BCUT2D eigenvalue weighted by atomic mass is 32.2. The fourth-order valence-corrected chi connectivity index (χ4v) is 3.09. The lowest BCUT2D eigenvalue weighted by atomic mass is 9.78. The number of hydrogen-bond donors (Lipinski definition) is 1. The lowest BCUT2D eigenvalue weighted by Gasteiger charge is -2.32. The van der Waals surface area contributed by atoms with Gasteiger partial charge in [-0.2, -0.15) is 13.2 Å². The summed E-state index contributed by atoms with van der Waals surface area (Å²) in [5.74, 6) is 0.161. The first-order valence-corrected chi connectivity index (χ1v) is 9.38. The van der Waals surface area contributed by atoms with E-state index in [1.54, 1.807) is 0 Å². The van der Waals surface area contributed by atoms with Gasteiger partial charge in [-0.15, -0.1) is 0 Å². The molecule has 1 aliphatic rings. The van der Waals surface area contributed by atoms with Gasteiger partial charge in [-0.1, -0.05) is 23.9 Å². The van der Waals surface area contributed by atoms with E-state index in [1.807, 2.05) is 27.7 Å². The lowest BCUT2D eigenvalue weighted by Crippen LogP contribution is -2.41. The predicted molar refractivity (Wildman–Crippen MR) is 103 cm³/mol. The third-order valence-corrected chi connectivity index (χ3v) is 5.61. The molecule has 0 atom stereocenters. The molecule has 0 aliphatic carbocycles. The first-order valence-electron chi connectivity index (χ1n) is 8.39. The van der Waals surface area contributed by atoms with Crippen molar-refractivity contribution in [3.8, 4) is 0 Å². The molecule has 1 fully saturated rings. The largest absolute Gasteiger partial charge is 0.491 e. The van der Waals surface area contributed by atoms with Crippen LogP contribution in [-0.4, -0.2) is 29.2 Å². The van der Waals surface area contributed by atoms with Crippen molar-refractivity contribution in [2.75, 3.05) is 11.5 Å². The molecule has 148 valence electrons. The molecule has 1 aromatic rings. The Morgan fingerprint density at radius 3 is 2.26 bits per heavy atom. The summed E-state index contributed by atoms with van der Waals surface area (Å²) in [7, 11) is -0.847. The topological polar surface area (TPSA) is 61.6 Å². The van der Waals surface area contributed by atoms with Crippen molar-refractivity contribution >= 4 is 35.8 Å². The molecule has 4 nitrogen and oxygen atoms in total. The molecule has 0 aromatic heterocycles. The smallest absolute Gasteiger partial charge is 0.400 e. The molecule has 0 radical (unpaired) electrons. The van der Waals surface area contributed by atoms with Gasteiger partial charge in [0, 0.05) is 18.4 Å². The molecule has 0 saturated carbocycles. The average molecular weight is 401 g/mol. The number of hydrogen-bond acceptors (Lipinski definition) is 5. The highest BCUT2D eigenvalue weighted by Crippen LogP contribution is 2.40. The van der Waals surface area contributed by atoms with Crippen LogP contribution in [0.1, 0.15) is 45.7 Å². The number of anilines is 1. The zero-order valence-corrected chi connectivity index (χ0v) is 16.8. The number of alkyl halides is 3. The molecule has 2 rings (SSSR count). The highest BCUT2D eigenvalue weighted by molar-refractivity contribution is 8.13. The lowest BCUT2D eigenvalue weighted by molar-refractivity contribution is -0.137. The van der Waals surface area contributed by atoms with E-state index in [0.29, 0.717) is 5.47 Å². The van der Waals surface area contributed by atoms with Crippen LogP contribution < -0.4 is 5.73 Å². The second-order valence-electron chi connectivity index (χ2n) is 7.43. The summed E-state index contributed by atoms with van der Waals surface area (Å²) in [6, 6.07) is 3.61. The van der Waals surface area contributed by atoms with Crippen LogP contribution in [-0.2, 0) is 20.3 Å². The summed E-state index contributed by atoms with van der Waals surface area (Å²) < 4.78 is 52.1. The van der Waals surface area contributed by atoms with Crippen molar-refractivity contribution in [3.05, 3.63) is 34.8 Å². The SMILES string of the molecule is CC(=O)SCC(=Cc1ccc(N)cc1C(F)(F)F)B1OC(C)(C)C(C)(C)O1. The Morgan fingerprint density at radius 1 is 1.22 bits per heavy atom. The van der Waals surface area contributed by atoms with Crippen molar-refractivity contribution < 1.29 is 27.3 Å². The molecule has 0 amide bonds. The van der Waals surface area contributed by atoms with E-state index in [9.17, 15) is 18.0 Å². The summed E-state index contributed by atoms with van der Waals surface area (Å²) >= 11 is 0.989. The van der Waals surface area contributed by atoms with E-state index >= 15 is 0 Å². The van der Waals surface area contributed by atoms with Gasteiger partial charge in [0.05, 0.1) is 16.8 Å². The van der Waals surface area contributed by atoms with E-state index < -0.39 is 30.1 Å². The average Bonchev–Trinajstić information content (AvgIpc) is 2.71. The van der Waals surface area contributed by atoms with E-state index in [-0.39, 0.29) is 22.1 Å². The monoisotopic (exact) mass is 401 g/mol. The number of nitrogens with two attached hydrogens (primary N) is 1. The van der Waals surface area contributed by atoms with Gasteiger partial charge in [-0.3, -0.25) is 4.79 Å². The number of thioether (sulfide) groups is 1. The molecule has 2 N–H and O–H groups in total. The van der Waals surface area contributed by atoms with Gasteiger partial charge in [-0.25, -0.2) is 0 Å². The summed E-state index contributed by atoms with van der Waals surface area (Å²) in [5, 5.41) is -0.147. The van der Waals surface area contributed by atoms with Gasteiger partial charge in [0.25, 0.3) is 0 Å². The molecular weight excluding hydrogens is 378 g/mol. The van der Waals surface area contributed by atoms with Gasteiger partial charge >= 0.3 is 13.3 Å². The normalized spacial score (nSPS) is 19.4. The summed E-state index contributed by atoms with van der Waals surface area (Å²) in [6.07, 6.45) is -3.18. The third-order valence-electron chi connectivity index (χ3n) is 4.72. The molecule has 9 heteroatoms. The van der Waals surface area contributed by atoms with Crippen LogP contribution in [0, 0.1) is 0 Å². The first-order chi connectivity index (χ1) is 12.2. The molecular formula is C18H23BF3NO3S. The van der Waals surface area contributed by atoms with Crippen molar-refractivity contribution in [1.29, 1.82) is 0 Å². The van der Waals surface area contributed by atoms with Crippen molar-refractivity contribution in [1.82, 2.24) is 0 Å². The van der Waals surface area contributed by atoms with Crippen molar-refractivity contribution in [2.24, 2.45) is 0 Å². The Hall–Kier alpha value is -1.45. The zero-order chi connectivity index (χ0) is 20.6. The molecule has 0 spiro atoms. The Kier molecular flexibility index (Phi) is 6.09. The third kappa shape index (κ3) is 5.09. The van der Waals surface area contributed by atoms with Gasteiger partial charge in [0.2, 0.25) is 0 Å². The number of carbonyl (C=O) groups is 1. The second kappa shape index (κ2) is 7.52. The number of rotatable bonds is 4. The fraction of sp³-hybridized carbons (Fsp3) is 0.500. The maximum Gasteiger partial charge on any atom is 0.491 e. The van der Waals surface area contributed by atoms with Crippen LogP contribution in [0.15, 0.2) is 23.7 Å². The first kappa shape index (κ1) is 21.9. The Labute approximate surface area is 161 Å². The van der Waals surface area contributed by atoms with Gasteiger partial charge in [-0.05, 0) is 50.9 Å². The fourth-order valence-electron chi connectivity index (χ4n) is 2.50. The maximum atomic E-state index is 13.4. The Morgan fingerprint density at radius 2 is 1.78 bits per heavy atom. The van der Waals surface area contributed by atoms with Crippen LogP contribution in [0.3, 0.4) is 0 Å². The minimum Gasteiger partial charge on any atom is -0.400 e. The van der Waals surface area contributed by atoms with E-state index in [2.05, 4.69) is 0 Å². The van der Waals surface area contributed by atoms with Crippen LogP contribution in [0.4, 0.5) is 18.9 Å². The molecule has 0 bridgehead atoms. The maximum absolute atomic E-state index is 13.4. The summed E-state index contributed by atoms with van der Waals surface area (Å²) in [4.78, 5) is 11.4.